The molecule has 0 aliphatic rings. The maximum absolute atomic E-state index is 11.7. The van der Waals surface area contributed by atoms with E-state index in [2.05, 4.69) is 4.98 Å². The Balaban J connectivity index is 2.16. The van der Waals surface area contributed by atoms with Crippen molar-refractivity contribution in [2.45, 2.75) is 13.3 Å². The summed E-state index contributed by atoms with van der Waals surface area (Å²) < 4.78 is 1.14. The molecule has 98 valence electrons. The minimum atomic E-state index is -0.591. The monoisotopic (exact) mass is 261 g/mol. The topological polar surface area (TPSA) is 87.3 Å². The van der Waals surface area contributed by atoms with Crippen LogP contribution in [0.1, 0.15) is 11.1 Å². The minimum Gasteiger partial charge on any atom is -0.335 e. The summed E-state index contributed by atoms with van der Waals surface area (Å²) in [6.45, 7) is 1.80. The molecule has 0 atom stereocenters. The predicted octanol–water partition coefficient (Wildman–Crippen LogP) is 1.30. The van der Waals surface area contributed by atoms with Crippen molar-refractivity contribution in [2.24, 2.45) is 0 Å². The van der Waals surface area contributed by atoms with Crippen LogP contribution in [0.2, 0.25) is 0 Å². The standard InChI is InChI=1S/C12H11N3O4/c1-9-2-3-11(15(17)18)10(6-9)7-12(16)19-14-5-4-13-8-14/h2-6,8H,7H2,1H3. The summed E-state index contributed by atoms with van der Waals surface area (Å²) in [6, 6.07) is 4.62. The molecular weight excluding hydrogens is 250 g/mol. The molecule has 0 radical (unpaired) electrons. The smallest absolute Gasteiger partial charge is 0.335 e. The molecule has 0 aliphatic heterocycles. The van der Waals surface area contributed by atoms with Crippen molar-refractivity contribution in [3.05, 3.63) is 58.2 Å². The molecular formula is C12H11N3O4. The van der Waals surface area contributed by atoms with Gasteiger partial charge in [0.05, 0.1) is 17.5 Å². The summed E-state index contributed by atoms with van der Waals surface area (Å²) in [6.07, 6.45) is 4.07. The maximum atomic E-state index is 11.7. The van der Waals surface area contributed by atoms with Crippen LogP contribution in [0.3, 0.4) is 0 Å². The average Bonchev–Trinajstić information content (AvgIpc) is 2.81. The van der Waals surface area contributed by atoms with Gasteiger partial charge in [0.25, 0.3) is 5.69 Å². The molecule has 2 aromatic rings. The van der Waals surface area contributed by atoms with Crippen molar-refractivity contribution in [2.75, 3.05) is 0 Å². The van der Waals surface area contributed by atoms with Crippen molar-refractivity contribution in [3.63, 3.8) is 0 Å². The fourth-order valence-electron chi connectivity index (χ4n) is 1.64. The van der Waals surface area contributed by atoms with Gasteiger partial charge in [-0.3, -0.25) is 10.1 Å². The van der Waals surface area contributed by atoms with E-state index < -0.39 is 10.9 Å². The second kappa shape index (κ2) is 5.30. The Morgan fingerprint density at radius 1 is 1.53 bits per heavy atom. The lowest BCUT2D eigenvalue weighted by molar-refractivity contribution is -0.385. The van der Waals surface area contributed by atoms with Gasteiger partial charge in [0.15, 0.2) is 0 Å². The van der Waals surface area contributed by atoms with Gasteiger partial charge in [0.2, 0.25) is 0 Å². The number of carbonyl (C=O) groups is 1. The molecule has 1 heterocycles. The third-order valence-electron chi connectivity index (χ3n) is 2.45. The Morgan fingerprint density at radius 3 is 2.95 bits per heavy atom. The predicted molar refractivity (Wildman–Crippen MR) is 65.4 cm³/mol. The lowest BCUT2D eigenvalue weighted by Gasteiger charge is -2.05. The van der Waals surface area contributed by atoms with E-state index in [9.17, 15) is 14.9 Å². The quantitative estimate of drug-likeness (QED) is 0.611. The number of aryl methyl sites for hydroxylation is 1. The number of hydrogen-bond donors (Lipinski definition) is 0. The Labute approximate surface area is 108 Å². The Morgan fingerprint density at radius 2 is 2.32 bits per heavy atom. The number of imidazole rings is 1. The number of nitro benzene ring substituents is 1. The van der Waals surface area contributed by atoms with Crippen LogP contribution in [-0.4, -0.2) is 20.6 Å². The highest BCUT2D eigenvalue weighted by molar-refractivity contribution is 5.74. The number of carbonyl (C=O) groups excluding carboxylic acids is 1. The van der Waals surface area contributed by atoms with Crippen molar-refractivity contribution in [1.29, 1.82) is 0 Å². The van der Waals surface area contributed by atoms with E-state index in [1.807, 2.05) is 0 Å². The number of aromatic nitrogens is 2. The van der Waals surface area contributed by atoms with Crippen LogP contribution in [0.5, 0.6) is 0 Å². The zero-order valence-electron chi connectivity index (χ0n) is 10.1. The van der Waals surface area contributed by atoms with Crippen molar-refractivity contribution in [1.82, 2.24) is 9.71 Å². The first kappa shape index (κ1) is 12.7. The van der Waals surface area contributed by atoms with E-state index in [0.29, 0.717) is 5.56 Å². The number of hydrogen-bond acceptors (Lipinski definition) is 5. The third-order valence-corrected chi connectivity index (χ3v) is 2.45. The lowest BCUT2D eigenvalue weighted by atomic mass is 10.1. The Kier molecular flexibility index (Phi) is 3.56. The molecule has 0 saturated heterocycles. The molecule has 0 bridgehead atoms. The van der Waals surface area contributed by atoms with Gasteiger partial charge in [-0.15, -0.1) is 0 Å². The van der Waals surface area contributed by atoms with Gasteiger partial charge < -0.3 is 4.84 Å². The second-order valence-electron chi connectivity index (χ2n) is 3.95. The van der Waals surface area contributed by atoms with Crippen molar-refractivity contribution >= 4 is 11.7 Å². The summed E-state index contributed by atoms with van der Waals surface area (Å²) in [5.41, 5.74) is 1.08. The molecule has 0 fully saturated rings. The van der Waals surface area contributed by atoms with Crippen LogP contribution in [0.25, 0.3) is 0 Å². The summed E-state index contributed by atoms with van der Waals surface area (Å²) in [7, 11) is 0. The van der Waals surface area contributed by atoms with Gasteiger partial charge in [-0.1, -0.05) is 11.6 Å². The van der Waals surface area contributed by atoms with E-state index in [0.717, 1.165) is 10.3 Å². The van der Waals surface area contributed by atoms with Crippen LogP contribution < -0.4 is 4.84 Å². The van der Waals surface area contributed by atoms with Crippen LogP contribution >= 0.6 is 0 Å². The molecule has 0 spiro atoms. The zero-order chi connectivity index (χ0) is 13.8. The molecule has 0 amide bonds. The van der Waals surface area contributed by atoms with Crippen LogP contribution in [0.15, 0.2) is 36.9 Å². The first-order chi connectivity index (χ1) is 9.06. The highest BCUT2D eigenvalue weighted by Gasteiger charge is 2.17. The molecule has 0 unspecified atom stereocenters. The van der Waals surface area contributed by atoms with E-state index in [1.54, 1.807) is 19.1 Å². The van der Waals surface area contributed by atoms with Gasteiger partial charge in [0, 0.05) is 17.8 Å². The molecule has 2 rings (SSSR count). The van der Waals surface area contributed by atoms with Crippen LogP contribution in [0, 0.1) is 17.0 Å². The highest BCUT2D eigenvalue weighted by atomic mass is 16.7. The number of nitro groups is 1. The van der Waals surface area contributed by atoms with E-state index in [4.69, 9.17) is 4.84 Å². The maximum Gasteiger partial charge on any atom is 0.337 e. The third kappa shape index (κ3) is 3.15. The normalized spacial score (nSPS) is 10.2. The van der Waals surface area contributed by atoms with Crippen molar-refractivity contribution in [3.8, 4) is 0 Å². The number of benzene rings is 1. The molecule has 0 aliphatic carbocycles. The first-order valence-corrected chi connectivity index (χ1v) is 5.49. The Hall–Kier alpha value is -2.70. The number of rotatable bonds is 4. The first-order valence-electron chi connectivity index (χ1n) is 5.49. The van der Waals surface area contributed by atoms with Gasteiger partial charge in [0.1, 0.15) is 6.33 Å². The van der Waals surface area contributed by atoms with Gasteiger partial charge in [-0.05, 0) is 13.0 Å². The van der Waals surface area contributed by atoms with Gasteiger partial charge in [-0.25, -0.2) is 9.78 Å². The molecule has 7 heteroatoms. The molecule has 0 N–H and O–H groups in total. The zero-order valence-corrected chi connectivity index (χ0v) is 10.1. The summed E-state index contributed by atoms with van der Waals surface area (Å²) in [5.74, 6) is -0.591. The SMILES string of the molecule is Cc1ccc([N+](=O)[O-])c(CC(=O)On2ccnc2)c1. The van der Waals surface area contributed by atoms with Crippen molar-refractivity contribution < 1.29 is 14.6 Å². The van der Waals surface area contributed by atoms with E-state index in [-0.39, 0.29) is 12.1 Å². The molecule has 7 nitrogen and oxygen atoms in total. The summed E-state index contributed by atoms with van der Waals surface area (Å²) in [5, 5.41) is 10.9. The molecule has 1 aromatic carbocycles. The number of nitrogens with zero attached hydrogens (tertiary/aromatic N) is 3. The lowest BCUT2D eigenvalue weighted by Crippen LogP contribution is -2.20. The fourth-order valence-corrected chi connectivity index (χ4v) is 1.64. The van der Waals surface area contributed by atoms with E-state index >= 15 is 0 Å². The largest absolute Gasteiger partial charge is 0.337 e. The second-order valence-corrected chi connectivity index (χ2v) is 3.95. The molecule has 0 saturated carbocycles. The van der Waals surface area contributed by atoms with Gasteiger partial charge >= 0.3 is 5.97 Å². The highest BCUT2D eigenvalue weighted by Crippen LogP contribution is 2.20. The average molecular weight is 261 g/mol. The molecule has 1 aromatic heterocycles. The summed E-state index contributed by atoms with van der Waals surface area (Å²) in [4.78, 5) is 30.7. The van der Waals surface area contributed by atoms with Gasteiger partial charge in [-0.2, -0.15) is 4.73 Å². The van der Waals surface area contributed by atoms with E-state index in [1.165, 1.54) is 24.8 Å². The minimum absolute atomic E-state index is 0.0896. The Bertz CT molecular complexity index is 607. The van der Waals surface area contributed by atoms with Crippen LogP contribution in [0.4, 0.5) is 5.69 Å². The fraction of sp³-hybridized carbons (Fsp3) is 0.167. The summed E-state index contributed by atoms with van der Waals surface area (Å²) >= 11 is 0. The van der Waals surface area contributed by atoms with Crippen LogP contribution in [-0.2, 0) is 11.2 Å². The molecule has 19 heavy (non-hydrogen) atoms.